The highest BCUT2D eigenvalue weighted by atomic mass is 16.1. The lowest BCUT2D eigenvalue weighted by atomic mass is 10.1. The number of allylic oxidation sites excluding steroid dienone is 2. The number of carbonyl (C=O) groups excluding carboxylic acids is 2. The van der Waals surface area contributed by atoms with Gasteiger partial charge in [-0.05, 0) is 18.6 Å². The number of ketones is 1. The maximum Gasteiger partial charge on any atom is 0.155 e. The average Bonchev–Trinajstić information content (AvgIpc) is 2.20. The predicted molar refractivity (Wildman–Crippen MR) is 58.2 cm³/mol. The van der Waals surface area contributed by atoms with Crippen molar-refractivity contribution in [1.29, 1.82) is 0 Å². The van der Waals surface area contributed by atoms with E-state index in [1.165, 1.54) is 37.8 Å². The van der Waals surface area contributed by atoms with Crippen LogP contribution < -0.4 is 0 Å². The van der Waals surface area contributed by atoms with Crippen molar-refractivity contribution in [2.45, 2.75) is 51.9 Å². The SMILES string of the molecule is CCCCCCCCC(=O)/C=C\C=O. The van der Waals surface area contributed by atoms with E-state index < -0.39 is 0 Å². The molecule has 0 amide bonds. The molecule has 0 radical (unpaired) electrons. The highest BCUT2D eigenvalue weighted by Crippen LogP contribution is 2.07. The van der Waals surface area contributed by atoms with Crippen molar-refractivity contribution in [3.8, 4) is 0 Å². The number of rotatable bonds is 9. The van der Waals surface area contributed by atoms with Crippen LogP contribution in [0.15, 0.2) is 12.2 Å². The van der Waals surface area contributed by atoms with Gasteiger partial charge in [0.1, 0.15) is 6.29 Å². The van der Waals surface area contributed by atoms with E-state index >= 15 is 0 Å². The summed E-state index contributed by atoms with van der Waals surface area (Å²) in [6, 6.07) is 0. The lowest BCUT2D eigenvalue weighted by molar-refractivity contribution is -0.115. The van der Waals surface area contributed by atoms with Crippen LogP contribution in [0.1, 0.15) is 51.9 Å². The Morgan fingerprint density at radius 2 is 1.71 bits per heavy atom. The van der Waals surface area contributed by atoms with Gasteiger partial charge in [0, 0.05) is 6.42 Å². The van der Waals surface area contributed by atoms with Crippen molar-refractivity contribution in [2.75, 3.05) is 0 Å². The fourth-order valence-corrected chi connectivity index (χ4v) is 1.31. The summed E-state index contributed by atoms with van der Waals surface area (Å²) in [5.74, 6) is 0.0626. The normalized spacial score (nSPS) is 10.6. The lowest BCUT2D eigenvalue weighted by Gasteiger charge is -1.98. The Bertz CT molecular complexity index is 183. The first-order chi connectivity index (χ1) is 6.81. The van der Waals surface area contributed by atoms with E-state index in [2.05, 4.69) is 6.92 Å². The van der Waals surface area contributed by atoms with Gasteiger partial charge in [0.05, 0.1) is 0 Å². The van der Waals surface area contributed by atoms with Gasteiger partial charge in [0.25, 0.3) is 0 Å². The van der Waals surface area contributed by atoms with Crippen LogP contribution in [-0.2, 0) is 9.59 Å². The summed E-state index contributed by atoms with van der Waals surface area (Å²) >= 11 is 0. The molecular formula is C12H20O2. The van der Waals surface area contributed by atoms with Crippen LogP contribution in [0.25, 0.3) is 0 Å². The molecule has 0 aliphatic heterocycles. The number of hydrogen-bond acceptors (Lipinski definition) is 2. The van der Waals surface area contributed by atoms with Gasteiger partial charge in [-0.25, -0.2) is 0 Å². The lowest BCUT2D eigenvalue weighted by Crippen LogP contribution is -1.92. The Kier molecular flexibility index (Phi) is 9.49. The van der Waals surface area contributed by atoms with Gasteiger partial charge >= 0.3 is 0 Å². The third kappa shape index (κ3) is 9.17. The average molecular weight is 196 g/mol. The van der Waals surface area contributed by atoms with Crippen molar-refractivity contribution in [3.63, 3.8) is 0 Å². The molecular weight excluding hydrogens is 176 g/mol. The van der Waals surface area contributed by atoms with E-state index in [4.69, 9.17) is 0 Å². The monoisotopic (exact) mass is 196 g/mol. The standard InChI is InChI=1S/C12H20O2/c1-2-3-4-5-6-7-9-12(14)10-8-11-13/h8,10-11H,2-7,9H2,1H3/b10-8-. The third-order valence-corrected chi connectivity index (χ3v) is 2.14. The first-order valence-electron chi connectivity index (χ1n) is 5.46. The van der Waals surface area contributed by atoms with Gasteiger partial charge in [0.2, 0.25) is 0 Å². The first kappa shape index (κ1) is 13.1. The number of carbonyl (C=O) groups is 2. The van der Waals surface area contributed by atoms with Crippen molar-refractivity contribution in [1.82, 2.24) is 0 Å². The van der Waals surface area contributed by atoms with Gasteiger partial charge in [-0.3, -0.25) is 9.59 Å². The second-order valence-electron chi connectivity index (χ2n) is 3.48. The van der Waals surface area contributed by atoms with Crippen LogP contribution >= 0.6 is 0 Å². The molecule has 0 unspecified atom stereocenters. The molecule has 80 valence electrons. The Hall–Kier alpha value is -0.920. The quantitative estimate of drug-likeness (QED) is 0.322. The van der Waals surface area contributed by atoms with E-state index in [-0.39, 0.29) is 5.78 Å². The Balaban J connectivity index is 3.23. The van der Waals surface area contributed by atoms with Crippen molar-refractivity contribution < 1.29 is 9.59 Å². The molecule has 2 nitrogen and oxygen atoms in total. The molecule has 0 aromatic rings. The molecule has 0 spiro atoms. The van der Waals surface area contributed by atoms with E-state index in [1.807, 2.05) is 0 Å². The largest absolute Gasteiger partial charge is 0.299 e. The van der Waals surface area contributed by atoms with Crippen LogP contribution in [0.2, 0.25) is 0 Å². The molecule has 0 aliphatic carbocycles. The third-order valence-electron chi connectivity index (χ3n) is 2.14. The summed E-state index contributed by atoms with van der Waals surface area (Å²) in [4.78, 5) is 21.0. The minimum atomic E-state index is 0.0626. The minimum Gasteiger partial charge on any atom is -0.299 e. The summed E-state index contributed by atoms with van der Waals surface area (Å²) in [5, 5.41) is 0. The van der Waals surface area contributed by atoms with E-state index in [0.717, 1.165) is 12.8 Å². The number of aldehydes is 1. The first-order valence-corrected chi connectivity index (χ1v) is 5.46. The van der Waals surface area contributed by atoms with Crippen LogP contribution in [0.5, 0.6) is 0 Å². The summed E-state index contributed by atoms with van der Waals surface area (Å²) in [6.07, 6.45) is 11.0. The van der Waals surface area contributed by atoms with Crippen LogP contribution in [0.3, 0.4) is 0 Å². The maximum absolute atomic E-state index is 11.0. The molecule has 0 heterocycles. The molecule has 14 heavy (non-hydrogen) atoms. The Morgan fingerprint density at radius 1 is 1.07 bits per heavy atom. The highest BCUT2D eigenvalue weighted by Gasteiger charge is 1.96. The van der Waals surface area contributed by atoms with E-state index in [0.29, 0.717) is 12.7 Å². The fourth-order valence-electron chi connectivity index (χ4n) is 1.31. The predicted octanol–water partition coefficient (Wildman–Crippen LogP) is 3.06. The molecule has 0 fully saturated rings. The molecule has 0 atom stereocenters. The van der Waals surface area contributed by atoms with Crippen molar-refractivity contribution >= 4 is 12.1 Å². The number of hydrogen-bond donors (Lipinski definition) is 0. The van der Waals surface area contributed by atoms with Crippen molar-refractivity contribution in [2.24, 2.45) is 0 Å². The summed E-state index contributed by atoms with van der Waals surface area (Å²) in [7, 11) is 0. The molecule has 0 aromatic heterocycles. The molecule has 0 bridgehead atoms. The fraction of sp³-hybridized carbons (Fsp3) is 0.667. The minimum absolute atomic E-state index is 0.0626. The van der Waals surface area contributed by atoms with Gasteiger partial charge < -0.3 is 0 Å². The van der Waals surface area contributed by atoms with Crippen LogP contribution in [-0.4, -0.2) is 12.1 Å². The van der Waals surface area contributed by atoms with Gasteiger partial charge in [0.15, 0.2) is 5.78 Å². The Morgan fingerprint density at radius 3 is 2.36 bits per heavy atom. The molecule has 2 heteroatoms. The topological polar surface area (TPSA) is 34.1 Å². The van der Waals surface area contributed by atoms with Gasteiger partial charge in [-0.15, -0.1) is 0 Å². The molecule has 0 aliphatic rings. The van der Waals surface area contributed by atoms with Gasteiger partial charge in [-0.1, -0.05) is 39.0 Å². The van der Waals surface area contributed by atoms with E-state index in [9.17, 15) is 9.59 Å². The van der Waals surface area contributed by atoms with Crippen LogP contribution in [0, 0.1) is 0 Å². The van der Waals surface area contributed by atoms with Crippen LogP contribution in [0.4, 0.5) is 0 Å². The Labute approximate surface area is 86.4 Å². The molecule has 0 N–H and O–H groups in total. The summed E-state index contributed by atoms with van der Waals surface area (Å²) in [5.41, 5.74) is 0. The molecule has 0 aromatic carbocycles. The second kappa shape index (κ2) is 10.2. The maximum atomic E-state index is 11.0. The summed E-state index contributed by atoms with van der Waals surface area (Å²) in [6.45, 7) is 2.19. The summed E-state index contributed by atoms with van der Waals surface area (Å²) < 4.78 is 0. The zero-order valence-electron chi connectivity index (χ0n) is 9.00. The molecule has 0 saturated carbocycles. The zero-order valence-corrected chi connectivity index (χ0v) is 9.00. The van der Waals surface area contributed by atoms with E-state index in [1.54, 1.807) is 0 Å². The molecule has 0 rings (SSSR count). The number of unbranched alkanes of at least 4 members (excludes halogenated alkanes) is 5. The smallest absolute Gasteiger partial charge is 0.155 e. The zero-order chi connectivity index (χ0) is 10.6. The highest BCUT2D eigenvalue weighted by molar-refractivity contribution is 5.92. The van der Waals surface area contributed by atoms with Crippen molar-refractivity contribution in [3.05, 3.63) is 12.2 Å². The second-order valence-corrected chi connectivity index (χ2v) is 3.48. The van der Waals surface area contributed by atoms with Gasteiger partial charge in [-0.2, -0.15) is 0 Å². The molecule has 0 saturated heterocycles.